The Hall–Kier alpha value is -0.595. The van der Waals surface area contributed by atoms with E-state index in [-0.39, 0.29) is 17.6 Å². The molecule has 0 aromatic rings. The van der Waals surface area contributed by atoms with Gasteiger partial charge in [0.25, 0.3) is 0 Å². The van der Waals surface area contributed by atoms with Crippen LogP contribution in [0.4, 0.5) is 0 Å². The SMILES string of the molecule is [B]C(C)C(C)C(=O)[NH+]=C. The van der Waals surface area contributed by atoms with E-state index in [0.717, 1.165) is 0 Å². The molecule has 0 bridgehead atoms. The van der Waals surface area contributed by atoms with E-state index < -0.39 is 0 Å². The fourth-order valence-corrected chi connectivity index (χ4v) is 0.400. The second-order valence-electron chi connectivity index (χ2n) is 2.19. The Morgan fingerprint density at radius 3 is 2.22 bits per heavy atom. The van der Waals surface area contributed by atoms with E-state index in [4.69, 9.17) is 7.85 Å². The van der Waals surface area contributed by atoms with Gasteiger partial charge in [0.2, 0.25) is 0 Å². The summed E-state index contributed by atoms with van der Waals surface area (Å²) in [5.74, 6) is -0.362. The maximum atomic E-state index is 10.7. The van der Waals surface area contributed by atoms with Crippen molar-refractivity contribution in [1.82, 2.24) is 0 Å². The summed E-state index contributed by atoms with van der Waals surface area (Å²) in [6.45, 7) is 6.79. The van der Waals surface area contributed by atoms with Crippen molar-refractivity contribution in [3.8, 4) is 0 Å². The molecule has 0 aliphatic heterocycles. The van der Waals surface area contributed by atoms with Crippen molar-refractivity contribution in [1.29, 1.82) is 0 Å². The minimum absolute atomic E-state index is 0.105. The van der Waals surface area contributed by atoms with Crippen LogP contribution < -0.4 is 4.99 Å². The molecule has 48 valence electrons. The van der Waals surface area contributed by atoms with Crippen LogP contribution in [0.15, 0.2) is 0 Å². The van der Waals surface area contributed by atoms with Gasteiger partial charge >= 0.3 is 5.91 Å². The number of rotatable bonds is 2. The molecule has 0 saturated carbocycles. The Balaban J connectivity index is 3.87. The zero-order valence-electron chi connectivity index (χ0n) is 5.85. The van der Waals surface area contributed by atoms with Gasteiger partial charge in [0, 0.05) is 0 Å². The average molecular weight is 124 g/mol. The molecule has 0 aliphatic rings. The fourth-order valence-electron chi connectivity index (χ4n) is 0.400. The summed E-state index contributed by atoms with van der Waals surface area (Å²) in [6.07, 6.45) is 0. The molecule has 1 N–H and O–H groups in total. The summed E-state index contributed by atoms with van der Waals surface area (Å²) in [5, 5.41) is 0. The first kappa shape index (κ1) is 8.40. The lowest BCUT2D eigenvalue weighted by atomic mass is 9.79. The molecule has 2 atom stereocenters. The fraction of sp³-hybridized carbons (Fsp3) is 0.667. The first-order chi connectivity index (χ1) is 4.09. The van der Waals surface area contributed by atoms with Crippen LogP contribution in [0.1, 0.15) is 13.8 Å². The third-order valence-electron chi connectivity index (χ3n) is 1.38. The lowest BCUT2D eigenvalue weighted by Crippen LogP contribution is -2.73. The van der Waals surface area contributed by atoms with Gasteiger partial charge in [-0.25, -0.2) is 4.79 Å². The highest BCUT2D eigenvalue weighted by atomic mass is 16.1. The van der Waals surface area contributed by atoms with Gasteiger partial charge in [-0.2, -0.15) is 4.99 Å². The highest BCUT2D eigenvalue weighted by molar-refractivity contribution is 6.12. The minimum atomic E-state index is -0.150. The van der Waals surface area contributed by atoms with Crippen LogP contribution >= 0.6 is 0 Å². The molecule has 2 unspecified atom stereocenters. The van der Waals surface area contributed by atoms with Gasteiger partial charge in [-0.1, -0.05) is 12.7 Å². The zero-order chi connectivity index (χ0) is 7.44. The van der Waals surface area contributed by atoms with Gasteiger partial charge in [0.1, 0.15) is 6.72 Å². The topological polar surface area (TPSA) is 31.0 Å². The molecule has 9 heavy (non-hydrogen) atoms. The van der Waals surface area contributed by atoms with Gasteiger partial charge < -0.3 is 0 Å². The van der Waals surface area contributed by atoms with Crippen LogP contribution in [-0.2, 0) is 4.79 Å². The standard InChI is InChI=1S/C6H10BNO/c1-4(5(2)7)6(9)8-3/h4-5H,3H2,1-2H3/p+1. The van der Waals surface area contributed by atoms with E-state index in [1.165, 1.54) is 0 Å². The highest BCUT2D eigenvalue weighted by Crippen LogP contribution is 2.09. The summed E-state index contributed by atoms with van der Waals surface area (Å²) in [4.78, 5) is 13.0. The van der Waals surface area contributed by atoms with Crippen LogP contribution in [0.25, 0.3) is 0 Å². The van der Waals surface area contributed by atoms with Gasteiger partial charge in [0.15, 0.2) is 0 Å². The largest absolute Gasteiger partial charge is 0.387 e. The second kappa shape index (κ2) is 3.43. The normalized spacial score (nSPS) is 16.2. The van der Waals surface area contributed by atoms with Crippen molar-refractivity contribution in [2.45, 2.75) is 19.7 Å². The second-order valence-corrected chi connectivity index (χ2v) is 2.19. The third kappa shape index (κ3) is 2.45. The lowest BCUT2D eigenvalue weighted by molar-refractivity contribution is -0.373. The Kier molecular flexibility index (Phi) is 3.21. The van der Waals surface area contributed by atoms with Crippen molar-refractivity contribution >= 4 is 20.5 Å². The van der Waals surface area contributed by atoms with E-state index in [9.17, 15) is 4.79 Å². The third-order valence-corrected chi connectivity index (χ3v) is 1.38. The van der Waals surface area contributed by atoms with Crippen molar-refractivity contribution in [2.24, 2.45) is 5.92 Å². The van der Waals surface area contributed by atoms with E-state index in [1.807, 2.05) is 0 Å². The molecule has 0 heterocycles. The predicted octanol–water partition coefficient (Wildman–Crippen LogP) is -1.09. The maximum Gasteiger partial charge on any atom is 0.387 e. The van der Waals surface area contributed by atoms with Gasteiger partial charge in [-0.3, -0.25) is 0 Å². The van der Waals surface area contributed by atoms with Gasteiger partial charge in [0.05, 0.1) is 13.8 Å². The van der Waals surface area contributed by atoms with Crippen LogP contribution in [0.5, 0.6) is 0 Å². The monoisotopic (exact) mass is 124 g/mol. The molecule has 3 heteroatoms. The molecule has 0 fully saturated rings. The molecule has 0 aliphatic carbocycles. The number of amides is 1. The first-order valence-corrected chi connectivity index (χ1v) is 2.92. The molecular weight excluding hydrogens is 113 g/mol. The Labute approximate surface area is 56.8 Å². The highest BCUT2D eigenvalue weighted by Gasteiger charge is 2.18. The zero-order valence-corrected chi connectivity index (χ0v) is 5.85. The molecule has 2 radical (unpaired) electrons. The summed E-state index contributed by atoms with van der Waals surface area (Å²) in [6, 6.07) is 0. The molecule has 0 spiro atoms. The predicted molar refractivity (Wildman–Crippen MR) is 37.4 cm³/mol. The van der Waals surface area contributed by atoms with Gasteiger partial charge in [-0.15, -0.1) is 0 Å². The number of carbonyl (C=O) groups excluding carboxylic acids is 1. The van der Waals surface area contributed by atoms with Crippen molar-refractivity contribution < 1.29 is 9.79 Å². The van der Waals surface area contributed by atoms with Crippen LogP contribution in [0.2, 0.25) is 5.82 Å². The molecule has 0 aromatic heterocycles. The summed E-state index contributed by atoms with van der Waals surface area (Å²) >= 11 is 0. The Bertz CT molecular complexity index is 122. The van der Waals surface area contributed by atoms with Crippen LogP contribution in [-0.4, -0.2) is 20.5 Å². The first-order valence-electron chi connectivity index (χ1n) is 2.92. The number of nitrogens with one attached hydrogen (secondary N) is 1. The summed E-state index contributed by atoms with van der Waals surface area (Å²) in [7, 11) is 5.42. The molecule has 0 saturated heterocycles. The van der Waals surface area contributed by atoms with Crippen molar-refractivity contribution in [3.63, 3.8) is 0 Å². The average Bonchev–Trinajstić information content (AvgIpc) is 1.84. The van der Waals surface area contributed by atoms with E-state index in [1.54, 1.807) is 13.8 Å². The van der Waals surface area contributed by atoms with Crippen LogP contribution in [0.3, 0.4) is 0 Å². The van der Waals surface area contributed by atoms with E-state index in [2.05, 4.69) is 11.7 Å². The Morgan fingerprint density at radius 1 is 1.67 bits per heavy atom. The number of hydrogen-bond donors (Lipinski definition) is 1. The maximum absolute atomic E-state index is 10.7. The number of hydrogen-bond acceptors (Lipinski definition) is 1. The molecule has 0 rings (SSSR count). The Morgan fingerprint density at radius 2 is 2.11 bits per heavy atom. The molecule has 0 aromatic carbocycles. The minimum Gasteiger partial charge on any atom is -0.220 e. The molecular formula is C6H11BNO+. The van der Waals surface area contributed by atoms with E-state index in [0.29, 0.717) is 0 Å². The number of carbonyl (C=O) groups is 1. The molecule has 2 nitrogen and oxygen atoms in total. The summed E-state index contributed by atoms with van der Waals surface area (Å²) in [5.41, 5.74) is 0. The summed E-state index contributed by atoms with van der Waals surface area (Å²) < 4.78 is 0. The molecule has 1 amide bonds. The lowest BCUT2D eigenvalue weighted by Gasteiger charge is -2.05. The quantitative estimate of drug-likeness (QED) is 0.368. The van der Waals surface area contributed by atoms with Crippen molar-refractivity contribution in [3.05, 3.63) is 0 Å². The van der Waals surface area contributed by atoms with Gasteiger partial charge in [-0.05, 0) is 6.92 Å². The smallest absolute Gasteiger partial charge is 0.220 e. The van der Waals surface area contributed by atoms with E-state index >= 15 is 0 Å². The van der Waals surface area contributed by atoms with Crippen LogP contribution in [0, 0.1) is 5.92 Å². The van der Waals surface area contributed by atoms with Crippen molar-refractivity contribution in [2.75, 3.05) is 0 Å².